The lowest BCUT2D eigenvalue weighted by Crippen LogP contribution is -2.35. The number of carbonyl (C=O) groups excluding carboxylic acids is 2. The van der Waals surface area contributed by atoms with Gasteiger partial charge in [0.1, 0.15) is 5.82 Å². The van der Waals surface area contributed by atoms with Crippen molar-refractivity contribution < 1.29 is 14.0 Å². The number of halogens is 2. The van der Waals surface area contributed by atoms with E-state index in [1.807, 2.05) is 49.4 Å². The minimum absolute atomic E-state index is 0.0314. The molecule has 0 aromatic heterocycles. The molecule has 2 fully saturated rings. The summed E-state index contributed by atoms with van der Waals surface area (Å²) in [6, 6.07) is 21.9. The van der Waals surface area contributed by atoms with E-state index in [0.29, 0.717) is 30.5 Å². The third kappa shape index (κ3) is 5.71. The van der Waals surface area contributed by atoms with Crippen molar-refractivity contribution in [1.82, 2.24) is 15.1 Å². The molecule has 3 atom stereocenters. The van der Waals surface area contributed by atoms with Gasteiger partial charge in [-0.1, -0.05) is 65.7 Å². The molecule has 0 radical (unpaired) electrons. The lowest BCUT2D eigenvalue weighted by atomic mass is 10.0. The van der Waals surface area contributed by atoms with Gasteiger partial charge in [-0.25, -0.2) is 4.39 Å². The van der Waals surface area contributed by atoms with Gasteiger partial charge in [0.2, 0.25) is 0 Å². The third-order valence-electron chi connectivity index (χ3n) is 7.55. The van der Waals surface area contributed by atoms with Crippen LogP contribution in [0.4, 0.5) is 4.39 Å². The van der Waals surface area contributed by atoms with Crippen molar-refractivity contribution in [2.24, 2.45) is 11.8 Å². The molecule has 3 aromatic rings. The van der Waals surface area contributed by atoms with Crippen LogP contribution >= 0.6 is 11.6 Å². The molecule has 7 heteroatoms. The molecule has 0 saturated carbocycles. The zero-order chi connectivity index (χ0) is 25.9. The van der Waals surface area contributed by atoms with Crippen LogP contribution in [0.1, 0.15) is 44.3 Å². The number of amides is 2. The lowest BCUT2D eigenvalue weighted by Gasteiger charge is -2.25. The van der Waals surface area contributed by atoms with Crippen LogP contribution in [0.25, 0.3) is 0 Å². The summed E-state index contributed by atoms with van der Waals surface area (Å²) in [6.45, 7) is 5.80. The van der Waals surface area contributed by atoms with Crippen molar-refractivity contribution in [3.8, 4) is 0 Å². The molecule has 5 rings (SSSR count). The molecule has 192 valence electrons. The normalized spacial score (nSPS) is 20.0. The maximum atomic E-state index is 14.3. The molecule has 3 aromatic carbocycles. The maximum Gasteiger partial charge on any atom is 0.258 e. The van der Waals surface area contributed by atoms with Crippen LogP contribution in [0.2, 0.25) is 5.02 Å². The molecule has 1 N–H and O–H groups in total. The predicted molar refractivity (Wildman–Crippen MR) is 143 cm³/mol. The molecular weight excluding hydrogens is 489 g/mol. The Kier molecular flexibility index (Phi) is 7.58. The fourth-order valence-electron chi connectivity index (χ4n) is 5.65. The van der Waals surface area contributed by atoms with Gasteiger partial charge < -0.3 is 15.1 Å². The Morgan fingerprint density at radius 3 is 2.35 bits per heavy atom. The first kappa shape index (κ1) is 25.4. The number of hydrogen-bond donors (Lipinski definition) is 1. The molecule has 2 aliphatic rings. The molecule has 5 nitrogen and oxygen atoms in total. The van der Waals surface area contributed by atoms with Crippen LogP contribution < -0.4 is 5.32 Å². The summed E-state index contributed by atoms with van der Waals surface area (Å²) in [5.74, 6) is -0.266. The number of rotatable bonds is 7. The van der Waals surface area contributed by atoms with Gasteiger partial charge in [0.25, 0.3) is 11.8 Å². The van der Waals surface area contributed by atoms with E-state index in [1.54, 1.807) is 11.0 Å². The number of aryl methyl sites for hydroxylation is 1. The maximum absolute atomic E-state index is 14.3. The molecule has 0 spiro atoms. The second-order valence-electron chi connectivity index (χ2n) is 10.2. The van der Waals surface area contributed by atoms with Gasteiger partial charge in [0, 0.05) is 38.3 Å². The van der Waals surface area contributed by atoms with Gasteiger partial charge in [-0.2, -0.15) is 0 Å². The van der Waals surface area contributed by atoms with E-state index in [9.17, 15) is 14.0 Å². The fraction of sp³-hybridized carbons (Fsp3) is 0.333. The van der Waals surface area contributed by atoms with Gasteiger partial charge in [0.15, 0.2) is 0 Å². The Labute approximate surface area is 222 Å². The van der Waals surface area contributed by atoms with E-state index in [2.05, 4.69) is 22.3 Å². The lowest BCUT2D eigenvalue weighted by molar-refractivity contribution is 0.0769. The second-order valence-corrected chi connectivity index (χ2v) is 10.6. The van der Waals surface area contributed by atoms with Crippen molar-refractivity contribution in [3.05, 3.63) is 106 Å². The van der Waals surface area contributed by atoms with E-state index in [-0.39, 0.29) is 28.4 Å². The molecular formula is C30H31ClFN3O2. The quantitative estimate of drug-likeness (QED) is 0.457. The molecule has 2 amide bonds. The highest BCUT2D eigenvalue weighted by molar-refractivity contribution is 6.33. The van der Waals surface area contributed by atoms with Crippen LogP contribution in [0.15, 0.2) is 72.8 Å². The van der Waals surface area contributed by atoms with Crippen molar-refractivity contribution >= 4 is 23.4 Å². The van der Waals surface area contributed by atoms with Crippen LogP contribution in [-0.4, -0.2) is 54.3 Å². The number of benzene rings is 3. The summed E-state index contributed by atoms with van der Waals surface area (Å²) in [7, 11) is 0. The summed E-state index contributed by atoms with van der Waals surface area (Å²) < 4.78 is 14.3. The number of carbonyl (C=O) groups is 2. The number of fused-ring (bicyclic) bond motifs is 1. The Morgan fingerprint density at radius 1 is 0.973 bits per heavy atom. The second kappa shape index (κ2) is 11.0. The van der Waals surface area contributed by atoms with Crippen molar-refractivity contribution in [2.75, 3.05) is 32.7 Å². The van der Waals surface area contributed by atoms with Crippen LogP contribution in [0.3, 0.4) is 0 Å². The van der Waals surface area contributed by atoms with E-state index < -0.39 is 5.82 Å². The van der Waals surface area contributed by atoms with Crippen molar-refractivity contribution in [1.29, 1.82) is 0 Å². The molecule has 0 aliphatic carbocycles. The largest absolute Gasteiger partial charge is 0.345 e. The molecule has 2 unspecified atom stereocenters. The summed E-state index contributed by atoms with van der Waals surface area (Å²) in [6.07, 6.45) is 0.786. The topological polar surface area (TPSA) is 52.7 Å². The Morgan fingerprint density at radius 2 is 1.68 bits per heavy atom. The minimum Gasteiger partial charge on any atom is -0.345 e. The summed E-state index contributed by atoms with van der Waals surface area (Å²) in [5.41, 5.74) is 2.77. The smallest absolute Gasteiger partial charge is 0.258 e. The van der Waals surface area contributed by atoms with E-state index in [0.717, 1.165) is 37.2 Å². The minimum atomic E-state index is -0.573. The van der Waals surface area contributed by atoms with Gasteiger partial charge in [0.05, 0.1) is 16.6 Å². The van der Waals surface area contributed by atoms with E-state index >= 15 is 0 Å². The van der Waals surface area contributed by atoms with Gasteiger partial charge in [-0.3, -0.25) is 9.59 Å². The molecule has 37 heavy (non-hydrogen) atoms. The standard InChI is InChI=1S/C30H31ClFN3O2/c1-20-7-5-10-22(15-20)29(36)33-27(21-8-3-2-4-9-21)13-14-34-16-23-18-35(19-24(23)17-34)30(37)28-25(31)11-6-12-26(28)32/h2-12,15,23-24,27H,13-14,16-19H2,1H3,(H,33,36)/t23?,24?,27-/m0/s1. The summed E-state index contributed by atoms with van der Waals surface area (Å²) in [5, 5.41) is 3.39. The first-order valence-corrected chi connectivity index (χ1v) is 13.1. The zero-order valence-corrected chi connectivity index (χ0v) is 21.6. The van der Waals surface area contributed by atoms with Crippen molar-refractivity contribution in [3.63, 3.8) is 0 Å². The fourth-order valence-corrected chi connectivity index (χ4v) is 5.89. The number of nitrogens with zero attached hydrogens (tertiary/aromatic N) is 2. The molecule has 2 aliphatic heterocycles. The summed E-state index contributed by atoms with van der Waals surface area (Å²) >= 11 is 6.13. The average molecular weight is 520 g/mol. The van der Waals surface area contributed by atoms with E-state index in [4.69, 9.17) is 11.6 Å². The Balaban J connectivity index is 1.19. The molecule has 2 heterocycles. The molecule has 0 bridgehead atoms. The highest BCUT2D eigenvalue weighted by Crippen LogP contribution is 2.33. The third-order valence-corrected chi connectivity index (χ3v) is 7.86. The Hall–Kier alpha value is -3.22. The number of hydrogen-bond acceptors (Lipinski definition) is 3. The number of likely N-dealkylation sites (tertiary alicyclic amines) is 2. The van der Waals surface area contributed by atoms with Gasteiger partial charge in [-0.05, 0) is 55.0 Å². The average Bonchev–Trinajstić information content (AvgIpc) is 3.46. The van der Waals surface area contributed by atoms with E-state index in [1.165, 1.54) is 12.1 Å². The van der Waals surface area contributed by atoms with Crippen molar-refractivity contribution in [2.45, 2.75) is 19.4 Å². The highest BCUT2D eigenvalue weighted by Gasteiger charge is 2.42. The first-order valence-electron chi connectivity index (χ1n) is 12.8. The first-order chi connectivity index (χ1) is 17.9. The summed E-state index contributed by atoms with van der Waals surface area (Å²) in [4.78, 5) is 30.1. The predicted octanol–water partition coefficient (Wildman–Crippen LogP) is 5.35. The Bertz CT molecular complexity index is 1250. The zero-order valence-electron chi connectivity index (χ0n) is 20.9. The molecule has 2 saturated heterocycles. The monoisotopic (exact) mass is 519 g/mol. The van der Waals surface area contributed by atoms with Gasteiger partial charge >= 0.3 is 0 Å². The van der Waals surface area contributed by atoms with Crippen LogP contribution in [0.5, 0.6) is 0 Å². The number of nitrogens with one attached hydrogen (secondary N) is 1. The SMILES string of the molecule is Cc1cccc(C(=O)N[C@@H](CCN2CC3CN(C(=O)c4c(F)cccc4Cl)CC3C2)c2ccccc2)c1. The highest BCUT2D eigenvalue weighted by atomic mass is 35.5. The van der Waals surface area contributed by atoms with Crippen LogP contribution in [-0.2, 0) is 0 Å². The van der Waals surface area contributed by atoms with Gasteiger partial charge in [-0.15, -0.1) is 0 Å². The van der Waals surface area contributed by atoms with Crippen LogP contribution in [0, 0.1) is 24.6 Å².